The van der Waals surface area contributed by atoms with E-state index in [2.05, 4.69) is 4.98 Å². The van der Waals surface area contributed by atoms with Gasteiger partial charge in [-0.1, -0.05) is 0 Å². The summed E-state index contributed by atoms with van der Waals surface area (Å²) >= 11 is 0. The number of nitro benzene ring substituents is 2. The van der Waals surface area contributed by atoms with Gasteiger partial charge in [-0.15, -0.1) is 0 Å². The Bertz CT molecular complexity index is 1130. The van der Waals surface area contributed by atoms with Gasteiger partial charge in [-0.3, -0.25) is 20.2 Å². The maximum Gasteiger partial charge on any atom is 0.343 e. The van der Waals surface area contributed by atoms with Crippen molar-refractivity contribution in [3.63, 3.8) is 0 Å². The molecule has 0 fully saturated rings. The molecule has 10 nitrogen and oxygen atoms in total. The Kier molecular flexibility index (Phi) is 5.35. The van der Waals surface area contributed by atoms with Gasteiger partial charge in [0.2, 0.25) is 5.88 Å². The Balaban J connectivity index is 2.23. The molecule has 0 saturated carbocycles. The van der Waals surface area contributed by atoms with Crippen LogP contribution in [-0.4, -0.2) is 34.5 Å². The molecule has 1 aromatic heterocycles. The van der Waals surface area contributed by atoms with E-state index >= 15 is 0 Å². The van der Waals surface area contributed by atoms with Crippen LogP contribution in [0, 0.1) is 20.2 Å². The molecule has 0 unspecified atom stereocenters. The molecule has 0 amide bonds. The van der Waals surface area contributed by atoms with Gasteiger partial charge >= 0.3 is 5.97 Å². The number of hydrogen-bond acceptors (Lipinski definition) is 8. The van der Waals surface area contributed by atoms with Gasteiger partial charge in [-0.25, -0.2) is 9.78 Å². The molecule has 148 valence electrons. The lowest BCUT2D eigenvalue weighted by Crippen LogP contribution is -2.08. The third-order valence-electron chi connectivity index (χ3n) is 4.17. The number of hydrogen-bond donors (Lipinski definition) is 0. The molecule has 0 radical (unpaired) electrons. The van der Waals surface area contributed by atoms with Crippen LogP contribution in [0.15, 0.2) is 42.5 Å². The Morgan fingerprint density at radius 3 is 2.31 bits per heavy atom. The third kappa shape index (κ3) is 3.81. The molecule has 0 aliphatic rings. The molecule has 0 spiro atoms. The Hall–Kier alpha value is -4.08. The summed E-state index contributed by atoms with van der Waals surface area (Å²) < 4.78 is 10.1. The molecule has 2 aromatic carbocycles. The fourth-order valence-corrected chi connectivity index (χ4v) is 2.85. The lowest BCUT2D eigenvalue weighted by molar-refractivity contribution is -0.385. The number of benzene rings is 2. The summed E-state index contributed by atoms with van der Waals surface area (Å²) in [6.45, 7) is 1.82. The first kappa shape index (κ1) is 19.7. The molecule has 3 rings (SSSR count). The van der Waals surface area contributed by atoms with E-state index in [1.165, 1.54) is 49.6 Å². The summed E-state index contributed by atoms with van der Waals surface area (Å²) in [6, 6.07) is 9.63. The molecule has 0 aliphatic carbocycles. The lowest BCUT2D eigenvalue weighted by atomic mass is 10.00. The molecule has 10 heteroatoms. The van der Waals surface area contributed by atoms with Gasteiger partial charge in [-0.2, -0.15) is 0 Å². The van der Waals surface area contributed by atoms with Crippen LogP contribution in [0.2, 0.25) is 0 Å². The predicted molar refractivity (Wildman–Crippen MR) is 103 cm³/mol. The van der Waals surface area contributed by atoms with Crippen molar-refractivity contribution in [2.24, 2.45) is 0 Å². The maximum absolute atomic E-state index is 12.2. The van der Waals surface area contributed by atoms with Gasteiger partial charge in [0, 0.05) is 23.6 Å². The number of esters is 1. The van der Waals surface area contributed by atoms with Gasteiger partial charge in [0.15, 0.2) is 0 Å². The number of carbonyl (C=O) groups is 1. The number of rotatable bonds is 6. The SMILES string of the molecule is CCOC(=O)c1cc2cc(-c3ccc([N+](=O)[O-])cc3)c([N+](=O)[O-])cc2nc1OC. The highest BCUT2D eigenvalue weighted by molar-refractivity contribution is 5.98. The van der Waals surface area contributed by atoms with E-state index in [1.807, 2.05) is 0 Å². The van der Waals surface area contributed by atoms with Crippen LogP contribution in [0.5, 0.6) is 5.88 Å². The van der Waals surface area contributed by atoms with Crippen LogP contribution < -0.4 is 4.74 Å². The quantitative estimate of drug-likeness (QED) is 0.347. The number of aromatic nitrogens is 1. The summed E-state index contributed by atoms with van der Waals surface area (Å²) in [5, 5.41) is 22.9. The summed E-state index contributed by atoms with van der Waals surface area (Å²) in [7, 11) is 1.33. The van der Waals surface area contributed by atoms with Crippen LogP contribution in [-0.2, 0) is 4.74 Å². The standard InChI is InChI=1S/C19H15N3O7/c1-3-29-19(23)15-9-12-8-14(11-4-6-13(7-5-11)21(24)25)17(22(26)27)10-16(12)20-18(15)28-2/h4-10H,3H2,1-2H3. The van der Waals surface area contributed by atoms with E-state index in [0.717, 1.165) is 0 Å². The number of fused-ring (bicyclic) bond motifs is 1. The van der Waals surface area contributed by atoms with Crippen molar-refractivity contribution in [2.45, 2.75) is 6.92 Å². The number of nitro groups is 2. The highest BCUT2D eigenvalue weighted by atomic mass is 16.6. The highest BCUT2D eigenvalue weighted by Gasteiger charge is 2.22. The van der Waals surface area contributed by atoms with E-state index in [1.54, 1.807) is 6.92 Å². The summed E-state index contributed by atoms with van der Waals surface area (Å²) in [5.74, 6) is -0.637. The second-order valence-electron chi connectivity index (χ2n) is 5.89. The molecule has 0 N–H and O–H groups in total. The molecular weight excluding hydrogens is 382 g/mol. The van der Waals surface area contributed by atoms with E-state index in [9.17, 15) is 25.0 Å². The molecular formula is C19H15N3O7. The average molecular weight is 397 g/mol. The van der Waals surface area contributed by atoms with Gasteiger partial charge in [0.25, 0.3) is 11.4 Å². The van der Waals surface area contributed by atoms with Crippen LogP contribution >= 0.6 is 0 Å². The highest BCUT2D eigenvalue weighted by Crippen LogP contribution is 2.35. The first-order chi connectivity index (χ1) is 13.8. The normalized spacial score (nSPS) is 10.6. The molecule has 0 saturated heterocycles. The van der Waals surface area contributed by atoms with Crippen molar-refractivity contribution < 1.29 is 24.1 Å². The smallest absolute Gasteiger partial charge is 0.343 e. The zero-order valence-corrected chi connectivity index (χ0v) is 15.4. The molecule has 0 atom stereocenters. The number of ether oxygens (including phenoxy) is 2. The minimum Gasteiger partial charge on any atom is -0.480 e. The largest absolute Gasteiger partial charge is 0.480 e. The number of methoxy groups -OCH3 is 1. The fourth-order valence-electron chi connectivity index (χ4n) is 2.85. The summed E-state index contributed by atoms with van der Waals surface area (Å²) in [4.78, 5) is 37.7. The zero-order valence-electron chi connectivity index (χ0n) is 15.4. The number of pyridine rings is 1. The molecule has 0 bridgehead atoms. The van der Waals surface area contributed by atoms with E-state index in [-0.39, 0.29) is 40.5 Å². The van der Waals surface area contributed by atoms with E-state index < -0.39 is 15.8 Å². The second kappa shape index (κ2) is 7.89. The summed E-state index contributed by atoms with van der Waals surface area (Å²) in [5.41, 5.74) is 0.632. The van der Waals surface area contributed by atoms with Crippen LogP contribution in [0.3, 0.4) is 0 Å². The van der Waals surface area contributed by atoms with Crippen molar-refractivity contribution in [1.29, 1.82) is 0 Å². The fraction of sp³-hybridized carbons (Fsp3) is 0.158. The predicted octanol–water partition coefficient (Wildman–Crippen LogP) is 3.90. The first-order valence-electron chi connectivity index (χ1n) is 8.44. The van der Waals surface area contributed by atoms with Gasteiger partial charge < -0.3 is 9.47 Å². The first-order valence-corrected chi connectivity index (χ1v) is 8.44. The van der Waals surface area contributed by atoms with Crippen molar-refractivity contribution in [3.8, 4) is 17.0 Å². The van der Waals surface area contributed by atoms with Gasteiger partial charge in [-0.05, 0) is 36.8 Å². The minimum atomic E-state index is -0.631. The van der Waals surface area contributed by atoms with Crippen LogP contribution in [0.4, 0.5) is 11.4 Å². The molecule has 1 heterocycles. The minimum absolute atomic E-state index is 0.00617. The average Bonchev–Trinajstić information content (AvgIpc) is 2.71. The number of non-ortho nitro benzene ring substituents is 1. The van der Waals surface area contributed by atoms with Crippen LogP contribution in [0.25, 0.3) is 22.0 Å². The van der Waals surface area contributed by atoms with E-state index in [0.29, 0.717) is 10.9 Å². The van der Waals surface area contributed by atoms with Crippen molar-refractivity contribution in [2.75, 3.05) is 13.7 Å². The number of carbonyl (C=O) groups excluding carboxylic acids is 1. The monoisotopic (exact) mass is 397 g/mol. The zero-order chi connectivity index (χ0) is 21.1. The summed E-state index contributed by atoms with van der Waals surface area (Å²) in [6.07, 6.45) is 0. The van der Waals surface area contributed by atoms with Crippen LogP contribution in [0.1, 0.15) is 17.3 Å². The molecule has 3 aromatic rings. The van der Waals surface area contributed by atoms with E-state index in [4.69, 9.17) is 9.47 Å². The van der Waals surface area contributed by atoms with Crippen molar-refractivity contribution >= 4 is 28.2 Å². The lowest BCUT2D eigenvalue weighted by Gasteiger charge is -2.10. The topological polar surface area (TPSA) is 135 Å². The Labute approximate surface area is 164 Å². The van der Waals surface area contributed by atoms with Crippen molar-refractivity contribution in [3.05, 3.63) is 68.3 Å². The van der Waals surface area contributed by atoms with Gasteiger partial charge in [0.05, 0.1) is 34.6 Å². The molecule has 29 heavy (non-hydrogen) atoms. The Morgan fingerprint density at radius 2 is 1.76 bits per heavy atom. The maximum atomic E-state index is 12.2. The third-order valence-corrected chi connectivity index (χ3v) is 4.17. The Morgan fingerprint density at radius 1 is 1.07 bits per heavy atom. The second-order valence-corrected chi connectivity index (χ2v) is 5.89. The number of nitrogens with zero attached hydrogens (tertiary/aromatic N) is 3. The van der Waals surface area contributed by atoms with Gasteiger partial charge in [0.1, 0.15) is 5.56 Å². The molecule has 0 aliphatic heterocycles. The van der Waals surface area contributed by atoms with Crippen molar-refractivity contribution in [1.82, 2.24) is 4.98 Å².